The van der Waals surface area contributed by atoms with Gasteiger partial charge >= 0.3 is 0 Å². The molecule has 0 radical (unpaired) electrons. The van der Waals surface area contributed by atoms with Gasteiger partial charge in [0.15, 0.2) is 0 Å². The molecule has 2 aromatic rings. The summed E-state index contributed by atoms with van der Waals surface area (Å²) < 4.78 is 0.947. The maximum Gasteiger partial charge on any atom is 0.124 e. The van der Waals surface area contributed by atoms with Gasteiger partial charge in [-0.3, -0.25) is 0 Å². The van der Waals surface area contributed by atoms with Crippen molar-refractivity contribution in [1.29, 1.82) is 0 Å². The van der Waals surface area contributed by atoms with Crippen LogP contribution in [0.25, 0.3) is 10.6 Å². The minimum atomic E-state index is 0.750. The molecule has 2 rings (SSSR count). The first kappa shape index (κ1) is 13.0. The molecule has 1 N–H and O–H groups in total. The molecule has 2 nitrogen and oxygen atoms in total. The Bertz CT molecular complexity index is 496. The van der Waals surface area contributed by atoms with Crippen molar-refractivity contribution < 1.29 is 0 Å². The largest absolute Gasteiger partial charge is 0.319 e. The summed E-state index contributed by atoms with van der Waals surface area (Å²) in [7, 11) is 1.95. The summed E-state index contributed by atoms with van der Waals surface area (Å²) in [6.07, 6.45) is 0.988. The lowest BCUT2D eigenvalue weighted by Crippen LogP contribution is -2.09. The van der Waals surface area contributed by atoms with Crippen LogP contribution in [0, 0.1) is 0 Å². The van der Waals surface area contributed by atoms with Crippen LogP contribution in [-0.2, 0) is 6.42 Å². The van der Waals surface area contributed by atoms with Gasteiger partial charge in [0, 0.05) is 15.5 Å². The Kier molecular flexibility index (Phi) is 4.56. The summed E-state index contributed by atoms with van der Waals surface area (Å²) in [6, 6.07) is 7.77. The summed E-state index contributed by atoms with van der Waals surface area (Å²) in [4.78, 5) is 5.80. The maximum atomic E-state index is 5.87. The van der Waals surface area contributed by atoms with Gasteiger partial charge in [-0.2, -0.15) is 0 Å². The highest BCUT2D eigenvalue weighted by molar-refractivity contribution is 9.10. The predicted octanol–water partition coefficient (Wildman–Crippen LogP) is 3.99. The second kappa shape index (κ2) is 5.96. The lowest BCUT2D eigenvalue weighted by molar-refractivity contribution is 0.796. The second-order valence-electron chi connectivity index (χ2n) is 3.59. The first-order chi connectivity index (χ1) is 8.20. The molecule has 0 amide bonds. The normalized spacial score (nSPS) is 10.8. The Hall–Kier alpha value is -0.420. The molecule has 0 saturated heterocycles. The third-order valence-corrected chi connectivity index (χ3v) is 4.68. The standard InChI is InChI=1S/C12H12BrClN2S/c1-15-7-6-10-11(13)16-12(17-10)8-2-4-9(14)5-3-8/h2-5,15H,6-7H2,1H3. The number of nitrogens with zero attached hydrogens (tertiary/aromatic N) is 1. The first-order valence-corrected chi connectivity index (χ1v) is 7.25. The second-order valence-corrected chi connectivity index (χ2v) is 5.86. The van der Waals surface area contributed by atoms with E-state index in [1.54, 1.807) is 11.3 Å². The molecular formula is C12H12BrClN2S. The molecule has 5 heteroatoms. The fraction of sp³-hybridized carbons (Fsp3) is 0.250. The Morgan fingerprint density at radius 3 is 2.71 bits per heavy atom. The molecule has 0 atom stereocenters. The summed E-state index contributed by atoms with van der Waals surface area (Å²) in [5, 5.41) is 4.92. The Morgan fingerprint density at radius 2 is 2.06 bits per heavy atom. The average molecular weight is 332 g/mol. The zero-order valence-corrected chi connectivity index (χ0v) is 12.5. The number of rotatable bonds is 4. The molecular weight excluding hydrogens is 320 g/mol. The van der Waals surface area contributed by atoms with Crippen molar-refractivity contribution in [2.75, 3.05) is 13.6 Å². The molecule has 0 spiro atoms. The van der Waals surface area contributed by atoms with Crippen molar-refractivity contribution in [3.05, 3.63) is 38.8 Å². The maximum absolute atomic E-state index is 5.87. The van der Waals surface area contributed by atoms with Gasteiger partial charge in [-0.05, 0) is 48.1 Å². The number of benzene rings is 1. The van der Waals surface area contributed by atoms with E-state index in [1.165, 1.54) is 4.88 Å². The molecule has 0 aliphatic rings. The number of hydrogen-bond donors (Lipinski definition) is 1. The molecule has 0 aliphatic heterocycles. The van der Waals surface area contributed by atoms with E-state index in [9.17, 15) is 0 Å². The third kappa shape index (κ3) is 3.28. The van der Waals surface area contributed by atoms with E-state index in [1.807, 2.05) is 31.3 Å². The van der Waals surface area contributed by atoms with Gasteiger partial charge < -0.3 is 5.32 Å². The van der Waals surface area contributed by atoms with Crippen LogP contribution in [-0.4, -0.2) is 18.6 Å². The van der Waals surface area contributed by atoms with Crippen molar-refractivity contribution in [2.45, 2.75) is 6.42 Å². The van der Waals surface area contributed by atoms with Crippen LogP contribution < -0.4 is 5.32 Å². The first-order valence-electron chi connectivity index (χ1n) is 5.26. The quantitative estimate of drug-likeness (QED) is 0.916. The molecule has 17 heavy (non-hydrogen) atoms. The molecule has 1 heterocycles. The fourth-order valence-corrected chi connectivity index (χ4v) is 3.26. The summed E-state index contributed by atoms with van der Waals surface area (Å²) >= 11 is 11.1. The number of nitrogens with one attached hydrogen (secondary N) is 1. The molecule has 0 unspecified atom stereocenters. The van der Waals surface area contributed by atoms with Gasteiger partial charge in [-0.1, -0.05) is 23.7 Å². The number of thiazole rings is 1. The third-order valence-electron chi connectivity index (χ3n) is 2.34. The fourth-order valence-electron chi connectivity index (χ4n) is 1.44. The Morgan fingerprint density at radius 1 is 1.35 bits per heavy atom. The van der Waals surface area contributed by atoms with E-state index in [0.29, 0.717) is 0 Å². The van der Waals surface area contributed by atoms with E-state index in [-0.39, 0.29) is 0 Å². The minimum absolute atomic E-state index is 0.750. The van der Waals surface area contributed by atoms with Crippen molar-refractivity contribution in [3.63, 3.8) is 0 Å². The minimum Gasteiger partial charge on any atom is -0.319 e. The lowest BCUT2D eigenvalue weighted by atomic mass is 10.2. The Balaban J connectivity index is 2.24. The van der Waals surface area contributed by atoms with Crippen LogP contribution in [0.1, 0.15) is 4.88 Å². The van der Waals surface area contributed by atoms with Crippen LogP contribution >= 0.6 is 38.9 Å². The SMILES string of the molecule is CNCCc1sc(-c2ccc(Cl)cc2)nc1Br. The zero-order valence-electron chi connectivity index (χ0n) is 9.34. The molecule has 1 aromatic heterocycles. The highest BCUT2D eigenvalue weighted by atomic mass is 79.9. The summed E-state index contributed by atoms with van der Waals surface area (Å²) in [5.74, 6) is 0. The van der Waals surface area contributed by atoms with Gasteiger partial charge in [0.1, 0.15) is 9.61 Å². The van der Waals surface area contributed by atoms with Crippen LogP contribution in [0.4, 0.5) is 0 Å². The van der Waals surface area contributed by atoms with Gasteiger partial charge in [0.25, 0.3) is 0 Å². The number of hydrogen-bond acceptors (Lipinski definition) is 3. The number of aromatic nitrogens is 1. The van der Waals surface area contributed by atoms with E-state index in [2.05, 4.69) is 26.2 Å². The molecule has 90 valence electrons. The zero-order chi connectivity index (χ0) is 12.3. The molecule has 0 fully saturated rings. The molecule has 1 aromatic carbocycles. The summed E-state index contributed by atoms with van der Waals surface area (Å²) in [5.41, 5.74) is 1.11. The predicted molar refractivity (Wildman–Crippen MR) is 77.9 cm³/mol. The molecule has 0 aliphatic carbocycles. The Labute approximate surface area is 118 Å². The van der Waals surface area contributed by atoms with E-state index in [4.69, 9.17) is 11.6 Å². The topological polar surface area (TPSA) is 24.9 Å². The van der Waals surface area contributed by atoms with E-state index in [0.717, 1.165) is 33.2 Å². The van der Waals surface area contributed by atoms with Crippen LogP contribution in [0.3, 0.4) is 0 Å². The average Bonchev–Trinajstić information content (AvgIpc) is 2.69. The van der Waals surface area contributed by atoms with Crippen molar-refractivity contribution in [1.82, 2.24) is 10.3 Å². The van der Waals surface area contributed by atoms with Crippen molar-refractivity contribution >= 4 is 38.9 Å². The number of halogens is 2. The van der Waals surface area contributed by atoms with Crippen LogP contribution in [0.5, 0.6) is 0 Å². The monoisotopic (exact) mass is 330 g/mol. The van der Waals surface area contributed by atoms with E-state index >= 15 is 0 Å². The van der Waals surface area contributed by atoms with E-state index < -0.39 is 0 Å². The highest BCUT2D eigenvalue weighted by Crippen LogP contribution is 2.31. The van der Waals surface area contributed by atoms with Gasteiger partial charge in [-0.25, -0.2) is 4.98 Å². The van der Waals surface area contributed by atoms with Gasteiger partial charge in [-0.15, -0.1) is 11.3 Å². The highest BCUT2D eigenvalue weighted by Gasteiger charge is 2.09. The van der Waals surface area contributed by atoms with Gasteiger partial charge in [0.2, 0.25) is 0 Å². The molecule has 0 saturated carbocycles. The van der Waals surface area contributed by atoms with Gasteiger partial charge in [0.05, 0.1) is 0 Å². The summed E-state index contributed by atoms with van der Waals surface area (Å²) in [6.45, 7) is 0.959. The smallest absolute Gasteiger partial charge is 0.124 e. The number of likely N-dealkylation sites (N-methyl/N-ethyl adjacent to an activating group) is 1. The van der Waals surface area contributed by atoms with Crippen molar-refractivity contribution in [3.8, 4) is 10.6 Å². The van der Waals surface area contributed by atoms with Crippen molar-refractivity contribution in [2.24, 2.45) is 0 Å². The van der Waals surface area contributed by atoms with Crippen LogP contribution in [0.2, 0.25) is 5.02 Å². The lowest BCUT2D eigenvalue weighted by Gasteiger charge is -1.96. The van der Waals surface area contributed by atoms with Crippen LogP contribution in [0.15, 0.2) is 28.9 Å². The molecule has 0 bridgehead atoms.